The van der Waals surface area contributed by atoms with Gasteiger partial charge in [0, 0.05) is 12.7 Å². The number of carbonyl (C=O) groups excluding carboxylic acids is 1. The highest BCUT2D eigenvalue weighted by atomic mass is 35.5. The molecule has 0 bridgehead atoms. The fourth-order valence-corrected chi connectivity index (χ4v) is 4.41. The highest BCUT2D eigenvalue weighted by Crippen LogP contribution is 2.33. The molecule has 3 aromatic rings. The van der Waals surface area contributed by atoms with Crippen LogP contribution in [0.2, 0.25) is 5.02 Å². The highest BCUT2D eigenvalue weighted by Gasteiger charge is 2.50. The van der Waals surface area contributed by atoms with E-state index < -0.39 is 64.5 Å². The molecule has 204 valence electrons. The first kappa shape index (κ1) is 27.4. The number of alkyl halides is 6. The lowest BCUT2D eigenvalue weighted by Crippen LogP contribution is -2.46. The van der Waals surface area contributed by atoms with Crippen LogP contribution in [0.4, 0.5) is 36.4 Å². The van der Waals surface area contributed by atoms with E-state index in [0.29, 0.717) is 6.34 Å². The smallest absolute Gasteiger partial charge is 0.347 e. The van der Waals surface area contributed by atoms with Crippen LogP contribution in [0.5, 0.6) is 0 Å². The number of halogens is 8. The van der Waals surface area contributed by atoms with Crippen LogP contribution >= 0.6 is 11.6 Å². The molecule has 0 aliphatic carbocycles. The minimum atomic E-state index is -5.65. The summed E-state index contributed by atoms with van der Waals surface area (Å²) in [6, 6.07) is 5.89. The second-order valence-electron chi connectivity index (χ2n) is 7.77. The van der Waals surface area contributed by atoms with E-state index in [0.717, 1.165) is 27.7 Å². The van der Waals surface area contributed by atoms with Gasteiger partial charge in [-0.3, -0.25) is 14.2 Å². The van der Waals surface area contributed by atoms with Gasteiger partial charge >= 0.3 is 21.7 Å². The first-order chi connectivity index (χ1) is 17.6. The Labute approximate surface area is 214 Å². The number of aromatic nitrogens is 2. The maximum atomic E-state index is 14.7. The number of hydrogen-bond donors (Lipinski definition) is 1. The lowest BCUT2D eigenvalue weighted by molar-refractivity contribution is -0.141. The molecule has 1 N–H and O–H groups in total. The van der Waals surface area contributed by atoms with Gasteiger partial charge in [-0.05, 0) is 29.8 Å². The largest absolute Gasteiger partial charge is 0.516 e. The average molecular weight is 587 g/mol. The van der Waals surface area contributed by atoms with E-state index in [1.807, 2.05) is 0 Å². The number of hydrazone groups is 1. The number of benzene rings is 1. The molecule has 2 aromatic heterocycles. The zero-order chi connectivity index (χ0) is 28.0. The van der Waals surface area contributed by atoms with Crippen molar-refractivity contribution in [2.45, 2.75) is 18.2 Å². The number of sulfonamides is 1. The third kappa shape index (κ3) is 5.20. The molecular formula is C20H14ClF7N6O3S. The summed E-state index contributed by atoms with van der Waals surface area (Å²) >= 11 is 5.84. The lowest BCUT2D eigenvalue weighted by Gasteiger charge is -2.29. The van der Waals surface area contributed by atoms with Gasteiger partial charge in [0.1, 0.15) is 23.5 Å². The molecule has 0 saturated heterocycles. The van der Waals surface area contributed by atoms with Gasteiger partial charge in [0.25, 0.3) is 5.91 Å². The van der Waals surface area contributed by atoms with Crippen LogP contribution in [0.15, 0.2) is 41.6 Å². The molecule has 1 aliphatic rings. The summed E-state index contributed by atoms with van der Waals surface area (Å²) in [6.45, 7) is -1.47. The van der Waals surface area contributed by atoms with E-state index in [1.165, 1.54) is 18.2 Å². The maximum absolute atomic E-state index is 14.7. The van der Waals surface area contributed by atoms with Crippen molar-refractivity contribution in [1.82, 2.24) is 19.0 Å². The molecule has 38 heavy (non-hydrogen) atoms. The molecule has 0 radical (unpaired) electrons. The Morgan fingerprint density at radius 1 is 1.08 bits per heavy atom. The van der Waals surface area contributed by atoms with Gasteiger partial charge in [0.15, 0.2) is 5.69 Å². The summed E-state index contributed by atoms with van der Waals surface area (Å²) < 4.78 is 117. The normalized spacial score (nSPS) is 14.8. The molecule has 1 aliphatic heterocycles. The predicted molar refractivity (Wildman–Crippen MR) is 120 cm³/mol. The number of amides is 1. The Balaban J connectivity index is 1.50. The minimum Gasteiger partial charge on any atom is -0.347 e. The minimum absolute atomic E-state index is 0.0200. The number of rotatable bonds is 5. The Hall–Kier alpha value is -3.60. The number of nitrogens with zero attached hydrogens (tertiary/aromatic N) is 5. The van der Waals surface area contributed by atoms with Crippen molar-refractivity contribution in [2.75, 3.05) is 18.1 Å². The zero-order valence-electron chi connectivity index (χ0n) is 18.6. The van der Waals surface area contributed by atoms with Crippen LogP contribution in [0.3, 0.4) is 0 Å². The molecule has 1 aromatic carbocycles. The highest BCUT2D eigenvalue weighted by molar-refractivity contribution is 7.90. The van der Waals surface area contributed by atoms with Crippen molar-refractivity contribution >= 4 is 45.2 Å². The average Bonchev–Trinajstić information content (AvgIpc) is 3.21. The van der Waals surface area contributed by atoms with E-state index in [4.69, 9.17) is 11.6 Å². The quantitative estimate of drug-likeness (QED) is 0.456. The first-order valence-corrected chi connectivity index (χ1v) is 12.1. The second-order valence-corrected chi connectivity index (χ2v) is 10.1. The summed E-state index contributed by atoms with van der Waals surface area (Å²) in [5, 5.41) is 6.78. The van der Waals surface area contributed by atoms with Gasteiger partial charge in [0.05, 0.1) is 23.8 Å². The van der Waals surface area contributed by atoms with Crippen molar-refractivity contribution in [3.63, 3.8) is 0 Å². The van der Waals surface area contributed by atoms with Crippen molar-refractivity contribution in [3.8, 4) is 0 Å². The third-order valence-electron chi connectivity index (χ3n) is 5.26. The van der Waals surface area contributed by atoms with Crippen LogP contribution in [-0.4, -0.2) is 53.0 Å². The van der Waals surface area contributed by atoms with Crippen molar-refractivity contribution in [2.24, 2.45) is 5.10 Å². The van der Waals surface area contributed by atoms with Crippen LogP contribution in [-0.2, 0) is 22.7 Å². The van der Waals surface area contributed by atoms with Crippen LogP contribution in [0.1, 0.15) is 21.7 Å². The van der Waals surface area contributed by atoms with Gasteiger partial charge in [-0.1, -0.05) is 17.7 Å². The van der Waals surface area contributed by atoms with Crippen LogP contribution < -0.4 is 10.3 Å². The Kier molecular flexibility index (Phi) is 6.94. The molecule has 0 fully saturated rings. The lowest BCUT2D eigenvalue weighted by atomic mass is 10.2. The van der Waals surface area contributed by atoms with E-state index in [-0.39, 0.29) is 26.2 Å². The predicted octanol–water partition coefficient (Wildman–Crippen LogP) is 3.99. The zero-order valence-corrected chi connectivity index (χ0v) is 20.1. The molecule has 1 amide bonds. The molecule has 18 heteroatoms. The Morgan fingerprint density at radius 2 is 1.79 bits per heavy atom. The molecule has 0 saturated carbocycles. The van der Waals surface area contributed by atoms with E-state index in [1.54, 1.807) is 0 Å². The second kappa shape index (κ2) is 9.61. The maximum Gasteiger partial charge on any atom is 0.516 e. The number of fused-ring (bicyclic) bond motifs is 1. The molecule has 0 unspecified atom stereocenters. The van der Waals surface area contributed by atoms with Gasteiger partial charge in [0.2, 0.25) is 0 Å². The number of nitrogens with one attached hydrogen (secondary N) is 1. The number of pyridine rings is 1. The van der Waals surface area contributed by atoms with Gasteiger partial charge in [-0.2, -0.15) is 39.9 Å². The van der Waals surface area contributed by atoms with E-state index in [2.05, 4.69) is 15.4 Å². The van der Waals surface area contributed by atoms with Crippen LogP contribution in [0.25, 0.3) is 5.65 Å². The van der Waals surface area contributed by atoms with Crippen molar-refractivity contribution in [3.05, 3.63) is 64.3 Å². The number of imidazole rings is 1. The molecule has 4 rings (SSSR count). The monoisotopic (exact) mass is 586 g/mol. The standard InChI is InChI=1S/C20H14ClF7N6O3S/c21-12-2-4-15-31-17(19(23,24)25)16(33(15)9-12)18(35)29-8-11-1-3-14(13(22)7-11)34-6-5-32(10-30-34)38(36,37)20(26,27)28/h1-4,7,9-10H,5-6,8H2,(H,29,35). The number of anilines is 1. The van der Waals surface area contributed by atoms with Crippen molar-refractivity contribution in [1.29, 1.82) is 0 Å². The fourth-order valence-electron chi connectivity index (χ4n) is 3.50. The first-order valence-electron chi connectivity index (χ1n) is 10.3. The molecule has 0 atom stereocenters. The summed E-state index contributed by atoms with van der Waals surface area (Å²) in [5.41, 5.74) is -8.06. The number of carbonyl (C=O) groups is 1. The number of hydrogen-bond acceptors (Lipinski definition) is 6. The summed E-state index contributed by atoms with van der Waals surface area (Å²) in [6.07, 6.45) is -3.47. The van der Waals surface area contributed by atoms with E-state index in [9.17, 15) is 43.9 Å². The third-order valence-corrected chi connectivity index (χ3v) is 6.97. The van der Waals surface area contributed by atoms with E-state index >= 15 is 0 Å². The summed E-state index contributed by atoms with van der Waals surface area (Å²) in [7, 11) is -5.65. The van der Waals surface area contributed by atoms with Crippen LogP contribution in [0, 0.1) is 5.82 Å². The van der Waals surface area contributed by atoms with Gasteiger partial charge in [-0.25, -0.2) is 13.7 Å². The topological polar surface area (TPSA) is 99.4 Å². The summed E-state index contributed by atoms with van der Waals surface area (Å²) in [5.74, 6) is -2.10. The van der Waals surface area contributed by atoms with Crippen molar-refractivity contribution < 1.29 is 43.9 Å². The Morgan fingerprint density at radius 3 is 2.37 bits per heavy atom. The summed E-state index contributed by atoms with van der Waals surface area (Å²) in [4.78, 5) is 16.1. The van der Waals surface area contributed by atoms with Gasteiger partial charge < -0.3 is 5.32 Å². The van der Waals surface area contributed by atoms with Gasteiger partial charge in [-0.15, -0.1) is 0 Å². The molecule has 0 spiro atoms. The molecular weight excluding hydrogens is 573 g/mol. The molecule has 9 nitrogen and oxygen atoms in total. The SMILES string of the molecule is O=C(NCc1ccc(N2CCN(S(=O)(=O)C(F)(F)F)C=N2)c(F)c1)c1c(C(F)(F)F)nc2ccc(Cl)cn12. The molecule has 3 heterocycles. The fraction of sp³-hybridized carbons (Fsp3) is 0.250. The Bertz CT molecular complexity index is 1540.